The van der Waals surface area contributed by atoms with Crippen LogP contribution in [0, 0.1) is 0 Å². The average molecular weight is 298 g/mol. The molecule has 1 aromatic carbocycles. The molecule has 0 aromatic heterocycles. The number of rotatable bonds is 4. The van der Waals surface area contributed by atoms with Gasteiger partial charge in [0.15, 0.2) is 0 Å². The van der Waals surface area contributed by atoms with Gasteiger partial charge in [-0.3, -0.25) is 0 Å². The topological polar surface area (TPSA) is 81.4 Å². The van der Waals surface area contributed by atoms with Crippen molar-refractivity contribution in [3.63, 3.8) is 0 Å². The summed E-state index contributed by atoms with van der Waals surface area (Å²) in [7, 11) is -2.18. The van der Waals surface area contributed by atoms with Gasteiger partial charge in [-0.05, 0) is 50.9 Å². The van der Waals surface area contributed by atoms with Crippen molar-refractivity contribution in [3.05, 3.63) is 18.2 Å². The Kier molecular flexibility index (Phi) is 4.88. The van der Waals surface area contributed by atoms with Crippen LogP contribution in [-0.2, 0) is 10.0 Å². The van der Waals surface area contributed by atoms with E-state index >= 15 is 0 Å². The standard InChI is InChI=1S/C14H22N2O3S/c1-16-20(17,18)14-10-11(15)8-9-13(14)19-12-6-4-2-3-5-7-12/h8-10,12,16H,2-7,15H2,1H3. The van der Waals surface area contributed by atoms with Crippen molar-refractivity contribution in [3.8, 4) is 5.75 Å². The maximum Gasteiger partial charge on any atom is 0.244 e. The predicted octanol–water partition coefficient (Wildman–Crippen LogP) is 2.28. The molecule has 0 bridgehead atoms. The molecule has 5 nitrogen and oxygen atoms in total. The summed E-state index contributed by atoms with van der Waals surface area (Å²) in [6.45, 7) is 0. The Morgan fingerprint density at radius 1 is 1.20 bits per heavy atom. The Morgan fingerprint density at radius 2 is 1.85 bits per heavy atom. The molecule has 20 heavy (non-hydrogen) atoms. The Morgan fingerprint density at radius 3 is 2.45 bits per heavy atom. The van der Waals surface area contributed by atoms with E-state index in [-0.39, 0.29) is 11.0 Å². The molecule has 0 atom stereocenters. The fourth-order valence-corrected chi connectivity index (χ4v) is 3.37. The molecule has 0 amide bonds. The molecule has 6 heteroatoms. The van der Waals surface area contributed by atoms with Gasteiger partial charge in [0, 0.05) is 5.69 Å². The van der Waals surface area contributed by atoms with Crippen LogP contribution in [0.2, 0.25) is 0 Å². The Bertz CT molecular complexity index is 550. The molecule has 3 N–H and O–H groups in total. The van der Waals surface area contributed by atoms with Crippen LogP contribution in [0.4, 0.5) is 5.69 Å². The quantitative estimate of drug-likeness (QED) is 0.660. The summed E-state index contributed by atoms with van der Waals surface area (Å²) in [6.07, 6.45) is 6.76. The lowest BCUT2D eigenvalue weighted by Gasteiger charge is -2.19. The predicted molar refractivity (Wildman–Crippen MR) is 79.2 cm³/mol. The van der Waals surface area contributed by atoms with Gasteiger partial charge in [-0.2, -0.15) is 0 Å². The zero-order valence-corrected chi connectivity index (χ0v) is 12.6. The summed E-state index contributed by atoms with van der Waals surface area (Å²) in [5, 5.41) is 0. The van der Waals surface area contributed by atoms with E-state index in [1.165, 1.54) is 26.0 Å². The van der Waals surface area contributed by atoms with Crippen LogP contribution in [0.3, 0.4) is 0 Å². The number of benzene rings is 1. The van der Waals surface area contributed by atoms with Crippen LogP contribution in [-0.4, -0.2) is 21.6 Å². The third-order valence-electron chi connectivity index (χ3n) is 3.62. The third-order valence-corrected chi connectivity index (χ3v) is 5.06. The summed E-state index contributed by atoms with van der Waals surface area (Å²) < 4.78 is 32.3. The second-order valence-electron chi connectivity index (χ2n) is 5.15. The van der Waals surface area contributed by atoms with Crippen LogP contribution in [0.25, 0.3) is 0 Å². The lowest BCUT2D eigenvalue weighted by molar-refractivity contribution is 0.179. The van der Waals surface area contributed by atoms with Gasteiger partial charge in [0.05, 0.1) is 6.10 Å². The fraction of sp³-hybridized carbons (Fsp3) is 0.571. The van der Waals surface area contributed by atoms with Gasteiger partial charge in [-0.1, -0.05) is 12.8 Å². The highest BCUT2D eigenvalue weighted by Crippen LogP contribution is 2.29. The molecule has 0 spiro atoms. The minimum Gasteiger partial charge on any atom is -0.489 e. The van der Waals surface area contributed by atoms with E-state index in [9.17, 15) is 8.42 Å². The lowest BCUT2D eigenvalue weighted by atomic mass is 10.1. The SMILES string of the molecule is CNS(=O)(=O)c1cc(N)ccc1OC1CCCCCC1. The van der Waals surface area contributed by atoms with Crippen LogP contribution in [0.1, 0.15) is 38.5 Å². The first-order valence-corrected chi connectivity index (χ1v) is 8.51. The van der Waals surface area contributed by atoms with E-state index in [0.29, 0.717) is 11.4 Å². The largest absolute Gasteiger partial charge is 0.489 e. The zero-order valence-electron chi connectivity index (χ0n) is 11.8. The molecule has 1 fully saturated rings. The third kappa shape index (κ3) is 3.64. The molecule has 2 rings (SSSR count). The number of sulfonamides is 1. The molecule has 0 heterocycles. The molecule has 0 aliphatic heterocycles. The second-order valence-corrected chi connectivity index (χ2v) is 7.00. The Balaban J connectivity index is 2.26. The fourth-order valence-electron chi connectivity index (χ4n) is 2.48. The van der Waals surface area contributed by atoms with Crippen molar-refractivity contribution < 1.29 is 13.2 Å². The Hall–Kier alpha value is -1.27. The smallest absolute Gasteiger partial charge is 0.244 e. The van der Waals surface area contributed by atoms with Crippen molar-refractivity contribution in [1.82, 2.24) is 4.72 Å². The maximum absolute atomic E-state index is 12.0. The number of ether oxygens (including phenoxy) is 1. The van der Waals surface area contributed by atoms with E-state index < -0.39 is 10.0 Å². The van der Waals surface area contributed by atoms with Crippen LogP contribution in [0.5, 0.6) is 5.75 Å². The van der Waals surface area contributed by atoms with Crippen molar-refractivity contribution in [2.75, 3.05) is 12.8 Å². The van der Waals surface area contributed by atoms with Gasteiger partial charge in [-0.25, -0.2) is 13.1 Å². The summed E-state index contributed by atoms with van der Waals surface area (Å²) in [5.41, 5.74) is 6.10. The summed E-state index contributed by atoms with van der Waals surface area (Å²) in [6, 6.07) is 4.75. The summed E-state index contributed by atoms with van der Waals surface area (Å²) in [4.78, 5) is 0.115. The first-order valence-electron chi connectivity index (χ1n) is 7.02. The summed E-state index contributed by atoms with van der Waals surface area (Å²) in [5.74, 6) is 0.389. The molecule has 112 valence electrons. The minimum atomic E-state index is -3.57. The van der Waals surface area contributed by atoms with E-state index in [4.69, 9.17) is 10.5 Å². The molecule has 1 saturated carbocycles. The Labute approximate surface area is 120 Å². The van der Waals surface area contributed by atoms with Gasteiger partial charge >= 0.3 is 0 Å². The van der Waals surface area contributed by atoms with Gasteiger partial charge in [-0.15, -0.1) is 0 Å². The first-order chi connectivity index (χ1) is 9.53. The molecular formula is C14H22N2O3S. The number of hydrogen-bond donors (Lipinski definition) is 2. The van der Waals surface area contributed by atoms with Crippen LogP contribution in [0.15, 0.2) is 23.1 Å². The van der Waals surface area contributed by atoms with E-state index in [1.54, 1.807) is 12.1 Å². The van der Waals surface area contributed by atoms with Crippen molar-refractivity contribution in [2.45, 2.75) is 49.5 Å². The molecular weight excluding hydrogens is 276 g/mol. The van der Waals surface area contributed by atoms with Crippen molar-refractivity contribution in [1.29, 1.82) is 0 Å². The number of anilines is 1. The van der Waals surface area contributed by atoms with Crippen LogP contribution < -0.4 is 15.2 Å². The molecule has 0 saturated heterocycles. The first kappa shape index (κ1) is 15.1. The number of nitrogens with two attached hydrogens (primary N) is 1. The van der Waals surface area contributed by atoms with Gasteiger partial charge in [0.25, 0.3) is 0 Å². The number of nitrogen functional groups attached to an aromatic ring is 1. The highest BCUT2D eigenvalue weighted by Gasteiger charge is 2.21. The van der Waals surface area contributed by atoms with Gasteiger partial charge < -0.3 is 10.5 Å². The highest BCUT2D eigenvalue weighted by atomic mass is 32.2. The maximum atomic E-state index is 12.0. The van der Waals surface area contributed by atoms with Gasteiger partial charge in [0.1, 0.15) is 10.6 Å². The minimum absolute atomic E-state index is 0.0898. The number of nitrogens with one attached hydrogen (secondary N) is 1. The van der Waals surface area contributed by atoms with E-state index in [1.807, 2.05) is 0 Å². The molecule has 0 unspecified atom stereocenters. The van der Waals surface area contributed by atoms with E-state index in [2.05, 4.69) is 4.72 Å². The zero-order chi connectivity index (χ0) is 14.6. The normalized spacial score (nSPS) is 17.6. The van der Waals surface area contributed by atoms with E-state index in [0.717, 1.165) is 25.7 Å². The van der Waals surface area contributed by atoms with Crippen LogP contribution >= 0.6 is 0 Å². The average Bonchev–Trinajstić information content (AvgIpc) is 2.69. The van der Waals surface area contributed by atoms with Gasteiger partial charge in [0.2, 0.25) is 10.0 Å². The molecule has 1 aliphatic carbocycles. The highest BCUT2D eigenvalue weighted by molar-refractivity contribution is 7.89. The summed E-state index contributed by atoms with van der Waals surface area (Å²) >= 11 is 0. The molecule has 1 aliphatic rings. The lowest BCUT2D eigenvalue weighted by Crippen LogP contribution is -2.22. The molecule has 0 radical (unpaired) electrons. The van der Waals surface area contributed by atoms with Crippen molar-refractivity contribution in [2.24, 2.45) is 0 Å². The second kappa shape index (κ2) is 6.45. The number of hydrogen-bond acceptors (Lipinski definition) is 4. The van der Waals surface area contributed by atoms with Crippen molar-refractivity contribution >= 4 is 15.7 Å². The molecule has 1 aromatic rings. The monoisotopic (exact) mass is 298 g/mol.